The van der Waals surface area contributed by atoms with Gasteiger partial charge in [-0.2, -0.15) is 5.10 Å². The van der Waals surface area contributed by atoms with E-state index >= 15 is 0 Å². The highest BCUT2D eigenvalue weighted by molar-refractivity contribution is 7.13. The summed E-state index contributed by atoms with van der Waals surface area (Å²) in [5.74, 6) is 0.269. The lowest BCUT2D eigenvalue weighted by atomic mass is 10.2. The summed E-state index contributed by atoms with van der Waals surface area (Å²) >= 11 is 1.70. The lowest BCUT2D eigenvalue weighted by Crippen LogP contribution is -2.30. The quantitative estimate of drug-likeness (QED) is 0.805. The Bertz CT molecular complexity index is 572. The first-order valence-corrected chi connectivity index (χ1v) is 8.27. The van der Waals surface area contributed by atoms with Crippen LogP contribution in [0.25, 0.3) is 10.6 Å². The van der Waals surface area contributed by atoms with Crippen molar-refractivity contribution in [3.8, 4) is 10.6 Å². The van der Waals surface area contributed by atoms with Gasteiger partial charge in [0, 0.05) is 38.2 Å². The van der Waals surface area contributed by atoms with Gasteiger partial charge in [-0.15, -0.1) is 11.3 Å². The number of hydrogen-bond donors (Lipinski definition) is 2. The molecule has 0 radical (unpaired) electrons. The third-order valence-corrected chi connectivity index (χ3v) is 4.66. The second-order valence-electron chi connectivity index (χ2n) is 5.26. The fourth-order valence-corrected chi connectivity index (χ4v) is 3.38. The average molecular weight is 304 g/mol. The first-order chi connectivity index (χ1) is 10.3. The third-order valence-electron chi connectivity index (χ3n) is 3.78. The fraction of sp³-hybridized carbons (Fsp3) is 0.467. The molecule has 1 amide bonds. The van der Waals surface area contributed by atoms with E-state index in [0.717, 1.165) is 43.7 Å². The lowest BCUT2D eigenvalue weighted by Gasteiger charge is -2.15. The van der Waals surface area contributed by atoms with Crippen molar-refractivity contribution in [3.63, 3.8) is 0 Å². The summed E-state index contributed by atoms with van der Waals surface area (Å²) in [6.07, 6.45) is 4.73. The van der Waals surface area contributed by atoms with Crippen molar-refractivity contribution in [1.29, 1.82) is 0 Å². The summed E-state index contributed by atoms with van der Waals surface area (Å²) in [6.45, 7) is 3.31. The van der Waals surface area contributed by atoms with Crippen molar-refractivity contribution in [2.24, 2.45) is 0 Å². The molecular formula is C15H20N4OS. The van der Waals surface area contributed by atoms with Crippen LogP contribution in [-0.2, 0) is 11.3 Å². The maximum absolute atomic E-state index is 11.9. The topological polar surface area (TPSA) is 61.0 Å². The summed E-state index contributed by atoms with van der Waals surface area (Å²) < 4.78 is 0. The number of hydrogen-bond acceptors (Lipinski definition) is 4. The first-order valence-electron chi connectivity index (χ1n) is 7.39. The van der Waals surface area contributed by atoms with E-state index in [4.69, 9.17) is 0 Å². The zero-order valence-corrected chi connectivity index (χ0v) is 12.8. The monoisotopic (exact) mass is 304 g/mol. The van der Waals surface area contributed by atoms with E-state index in [2.05, 4.69) is 27.0 Å². The molecule has 0 bridgehead atoms. The van der Waals surface area contributed by atoms with Gasteiger partial charge in [0.05, 0.1) is 16.8 Å². The minimum absolute atomic E-state index is 0.269. The van der Waals surface area contributed by atoms with Gasteiger partial charge in [0.2, 0.25) is 5.91 Å². The normalized spacial score (nSPS) is 14.8. The highest BCUT2D eigenvalue weighted by Crippen LogP contribution is 2.25. The molecule has 2 N–H and O–H groups in total. The molecule has 21 heavy (non-hydrogen) atoms. The van der Waals surface area contributed by atoms with Crippen molar-refractivity contribution in [2.75, 3.05) is 19.6 Å². The fourth-order valence-electron chi connectivity index (χ4n) is 2.62. The highest BCUT2D eigenvalue weighted by atomic mass is 32.1. The van der Waals surface area contributed by atoms with Gasteiger partial charge in [-0.3, -0.25) is 9.89 Å². The van der Waals surface area contributed by atoms with Crippen LogP contribution in [0.2, 0.25) is 0 Å². The summed E-state index contributed by atoms with van der Waals surface area (Å²) in [5.41, 5.74) is 2.22. The number of nitrogens with one attached hydrogen (secondary N) is 2. The maximum Gasteiger partial charge on any atom is 0.223 e. The molecule has 3 heterocycles. The van der Waals surface area contributed by atoms with Crippen LogP contribution < -0.4 is 5.32 Å². The van der Waals surface area contributed by atoms with E-state index in [1.54, 1.807) is 11.3 Å². The summed E-state index contributed by atoms with van der Waals surface area (Å²) in [6, 6.07) is 4.12. The van der Waals surface area contributed by atoms with Gasteiger partial charge in [0.25, 0.3) is 0 Å². The predicted molar refractivity (Wildman–Crippen MR) is 84.0 cm³/mol. The Kier molecular flexibility index (Phi) is 4.67. The largest absolute Gasteiger partial charge is 0.343 e. The Morgan fingerprint density at radius 2 is 2.29 bits per heavy atom. The molecule has 0 aromatic carbocycles. The number of rotatable bonds is 6. The van der Waals surface area contributed by atoms with Crippen LogP contribution in [0.15, 0.2) is 23.7 Å². The molecule has 2 aromatic heterocycles. The van der Waals surface area contributed by atoms with E-state index < -0.39 is 0 Å². The van der Waals surface area contributed by atoms with E-state index in [1.807, 2.05) is 17.2 Å². The SMILES string of the molecule is O=C(CCNCc1cn[nH]c1-c1cccs1)N1CCCC1. The molecule has 3 rings (SSSR count). The molecule has 1 fully saturated rings. The minimum Gasteiger partial charge on any atom is -0.343 e. The van der Waals surface area contributed by atoms with Crippen LogP contribution in [-0.4, -0.2) is 40.6 Å². The molecule has 1 aliphatic rings. The Morgan fingerprint density at radius 3 is 3.05 bits per heavy atom. The average Bonchev–Trinajstić information content (AvgIpc) is 3.25. The van der Waals surface area contributed by atoms with Gasteiger partial charge < -0.3 is 10.2 Å². The molecule has 0 spiro atoms. The molecule has 2 aromatic rings. The number of amides is 1. The molecule has 0 aliphatic carbocycles. The van der Waals surface area contributed by atoms with Gasteiger partial charge in [-0.05, 0) is 24.3 Å². The number of aromatic nitrogens is 2. The number of carbonyl (C=O) groups is 1. The Balaban J connectivity index is 1.46. The third kappa shape index (κ3) is 3.51. The standard InChI is InChI=1S/C15H20N4OS/c20-14(19-7-1-2-8-19)5-6-16-10-12-11-17-18-15(12)13-4-3-9-21-13/h3-4,9,11,16H,1-2,5-8,10H2,(H,17,18). The van der Waals surface area contributed by atoms with E-state index in [-0.39, 0.29) is 5.91 Å². The smallest absolute Gasteiger partial charge is 0.223 e. The second-order valence-corrected chi connectivity index (χ2v) is 6.21. The van der Waals surface area contributed by atoms with Gasteiger partial charge >= 0.3 is 0 Å². The van der Waals surface area contributed by atoms with Crippen molar-refractivity contribution in [3.05, 3.63) is 29.3 Å². The molecule has 5 nitrogen and oxygen atoms in total. The summed E-state index contributed by atoms with van der Waals surface area (Å²) in [7, 11) is 0. The number of likely N-dealkylation sites (tertiary alicyclic amines) is 1. The molecule has 6 heteroatoms. The summed E-state index contributed by atoms with van der Waals surface area (Å²) in [5, 5.41) is 12.6. The van der Waals surface area contributed by atoms with Crippen molar-refractivity contribution in [2.45, 2.75) is 25.8 Å². The van der Waals surface area contributed by atoms with Gasteiger partial charge in [-0.25, -0.2) is 0 Å². The van der Waals surface area contributed by atoms with Crippen LogP contribution in [0.3, 0.4) is 0 Å². The molecule has 1 saturated heterocycles. The summed E-state index contributed by atoms with van der Waals surface area (Å²) in [4.78, 5) is 15.1. The van der Waals surface area contributed by atoms with Crippen LogP contribution in [0.5, 0.6) is 0 Å². The van der Waals surface area contributed by atoms with Crippen molar-refractivity contribution in [1.82, 2.24) is 20.4 Å². The van der Waals surface area contributed by atoms with Crippen molar-refractivity contribution >= 4 is 17.2 Å². The van der Waals surface area contributed by atoms with Gasteiger partial charge in [-0.1, -0.05) is 6.07 Å². The predicted octanol–water partition coefficient (Wildman–Crippen LogP) is 2.24. The Morgan fingerprint density at radius 1 is 1.43 bits per heavy atom. The molecule has 112 valence electrons. The second kappa shape index (κ2) is 6.87. The number of H-pyrrole nitrogens is 1. The van der Waals surface area contributed by atoms with Crippen LogP contribution >= 0.6 is 11.3 Å². The number of carbonyl (C=O) groups excluding carboxylic acids is 1. The van der Waals surface area contributed by atoms with E-state index in [9.17, 15) is 4.79 Å². The van der Waals surface area contributed by atoms with E-state index in [0.29, 0.717) is 13.0 Å². The zero-order chi connectivity index (χ0) is 14.5. The van der Waals surface area contributed by atoms with Crippen molar-refractivity contribution < 1.29 is 4.79 Å². The number of nitrogens with zero attached hydrogens (tertiary/aromatic N) is 2. The number of aromatic amines is 1. The molecule has 0 saturated carbocycles. The molecule has 0 atom stereocenters. The minimum atomic E-state index is 0.269. The molecular weight excluding hydrogens is 284 g/mol. The van der Waals surface area contributed by atoms with Crippen LogP contribution in [0.4, 0.5) is 0 Å². The van der Waals surface area contributed by atoms with Crippen LogP contribution in [0.1, 0.15) is 24.8 Å². The maximum atomic E-state index is 11.9. The Labute approximate surface area is 128 Å². The Hall–Kier alpha value is -1.66. The zero-order valence-electron chi connectivity index (χ0n) is 12.0. The van der Waals surface area contributed by atoms with Crippen LogP contribution in [0, 0.1) is 0 Å². The van der Waals surface area contributed by atoms with Gasteiger partial charge in [0.1, 0.15) is 0 Å². The molecule has 1 aliphatic heterocycles. The highest BCUT2D eigenvalue weighted by Gasteiger charge is 2.17. The molecule has 0 unspecified atom stereocenters. The number of thiophene rings is 1. The first kappa shape index (κ1) is 14.3. The van der Waals surface area contributed by atoms with E-state index in [1.165, 1.54) is 4.88 Å². The van der Waals surface area contributed by atoms with Gasteiger partial charge in [0.15, 0.2) is 0 Å². The lowest BCUT2D eigenvalue weighted by molar-refractivity contribution is -0.130.